The number of hydrogen-bond donors (Lipinski definition) is 1. The topological polar surface area (TPSA) is 43.4 Å². The molecule has 17 heavy (non-hydrogen) atoms. The zero-order valence-corrected chi connectivity index (χ0v) is 10.5. The molecule has 1 N–H and O–H groups in total. The molecule has 0 aliphatic carbocycles. The second-order valence-corrected chi connectivity index (χ2v) is 4.68. The molecule has 1 unspecified atom stereocenters. The molecule has 0 aromatic carbocycles. The molecule has 4 nitrogen and oxygen atoms in total. The molecule has 0 radical (unpaired) electrons. The van der Waals surface area contributed by atoms with Crippen LogP contribution in [0.2, 0.25) is 0 Å². The Morgan fingerprint density at radius 2 is 2.47 bits per heavy atom. The second kappa shape index (κ2) is 5.47. The molecule has 1 aromatic heterocycles. The predicted molar refractivity (Wildman–Crippen MR) is 66.1 cm³/mol. The van der Waals surface area contributed by atoms with Crippen LogP contribution in [0.5, 0.6) is 5.88 Å². The Morgan fingerprint density at radius 3 is 3.18 bits per heavy atom. The van der Waals surface area contributed by atoms with Crippen molar-refractivity contribution in [3.63, 3.8) is 0 Å². The van der Waals surface area contributed by atoms with Gasteiger partial charge in [-0.1, -0.05) is 6.07 Å². The largest absolute Gasteiger partial charge is 0.481 e. The predicted octanol–water partition coefficient (Wildman–Crippen LogP) is 1.75. The van der Waals surface area contributed by atoms with Crippen molar-refractivity contribution in [1.29, 1.82) is 0 Å². The lowest BCUT2D eigenvalue weighted by Gasteiger charge is -2.23. The normalized spacial score (nSPS) is 23.9. The van der Waals surface area contributed by atoms with Crippen LogP contribution >= 0.6 is 0 Å². The van der Waals surface area contributed by atoms with Gasteiger partial charge < -0.3 is 14.8 Å². The van der Waals surface area contributed by atoms with Crippen molar-refractivity contribution in [2.24, 2.45) is 0 Å². The number of nitrogens with zero attached hydrogens (tertiary/aromatic N) is 1. The summed E-state index contributed by atoms with van der Waals surface area (Å²) in [4.78, 5) is 4.17. The highest BCUT2D eigenvalue weighted by Gasteiger charge is 2.29. The van der Waals surface area contributed by atoms with E-state index in [1.807, 2.05) is 12.1 Å². The van der Waals surface area contributed by atoms with Crippen molar-refractivity contribution >= 4 is 0 Å². The molecule has 2 rings (SSSR count). The highest BCUT2D eigenvalue weighted by Crippen LogP contribution is 2.24. The smallest absolute Gasteiger partial charge is 0.217 e. The van der Waals surface area contributed by atoms with Gasteiger partial charge in [-0.05, 0) is 25.8 Å². The van der Waals surface area contributed by atoms with Crippen molar-refractivity contribution in [1.82, 2.24) is 10.3 Å². The molecule has 0 amide bonds. The Bertz CT molecular complexity index is 362. The summed E-state index contributed by atoms with van der Waals surface area (Å²) in [5.41, 5.74) is 1.08. The fourth-order valence-corrected chi connectivity index (χ4v) is 2.18. The first-order valence-corrected chi connectivity index (χ1v) is 6.06. The molecule has 1 aliphatic rings. The lowest BCUT2D eigenvalue weighted by atomic mass is 10.0. The van der Waals surface area contributed by atoms with Crippen molar-refractivity contribution in [2.45, 2.75) is 31.9 Å². The Kier molecular flexibility index (Phi) is 3.97. The lowest BCUT2D eigenvalue weighted by molar-refractivity contribution is 0.0206. The first-order valence-electron chi connectivity index (χ1n) is 6.06. The summed E-state index contributed by atoms with van der Waals surface area (Å²) in [5, 5.41) is 3.41. The first-order chi connectivity index (χ1) is 8.23. The van der Waals surface area contributed by atoms with Crippen LogP contribution in [0.4, 0.5) is 0 Å². The maximum absolute atomic E-state index is 5.73. The molecular formula is C13H20N2O2. The van der Waals surface area contributed by atoms with E-state index < -0.39 is 0 Å². The van der Waals surface area contributed by atoms with Gasteiger partial charge in [0.1, 0.15) is 0 Å². The molecule has 1 saturated heterocycles. The summed E-state index contributed by atoms with van der Waals surface area (Å²) in [5.74, 6) is 0.692. The minimum Gasteiger partial charge on any atom is -0.481 e. The standard InChI is InChI=1S/C13H20N2O2/c1-13(6-4-8-17-13)10-14-9-11-5-3-7-15-12(11)16-2/h3,5,7,14H,4,6,8-10H2,1-2H3. The van der Waals surface area contributed by atoms with E-state index in [0.717, 1.165) is 38.1 Å². The van der Waals surface area contributed by atoms with Crippen LogP contribution in [-0.4, -0.2) is 30.8 Å². The number of ether oxygens (including phenoxy) is 2. The molecule has 0 spiro atoms. The van der Waals surface area contributed by atoms with E-state index in [1.165, 1.54) is 0 Å². The van der Waals surface area contributed by atoms with E-state index in [0.29, 0.717) is 5.88 Å². The van der Waals surface area contributed by atoms with Crippen LogP contribution in [0.15, 0.2) is 18.3 Å². The summed E-state index contributed by atoms with van der Waals surface area (Å²) < 4.78 is 10.9. The number of nitrogens with one attached hydrogen (secondary N) is 1. The highest BCUT2D eigenvalue weighted by molar-refractivity contribution is 5.25. The van der Waals surface area contributed by atoms with Crippen LogP contribution in [0.25, 0.3) is 0 Å². The Hall–Kier alpha value is -1.13. The minimum atomic E-state index is -0.00452. The van der Waals surface area contributed by atoms with Gasteiger partial charge in [-0.3, -0.25) is 0 Å². The summed E-state index contributed by atoms with van der Waals surface area (Å²) in [7, 11) is 1.65. The fraction of sp³-hybridized carbons (Fsp3) is 0.615. The zero-order valence-electron chi connectivity index (χ0n) is 10.5. The number of hydrogen-bond acceptors (Lipinski definition) is 4. The highest BCUT2D eigenvalue weighted by atomic mass is 16.5. The maximum atomic E-state index is 5.73. The van der Waals surface area contributed by atoms with Crippen LogP contribution in [0.3, 0.4) is 0 Å². The molecule has 0 bridgehead atoms. The fourth-order valence-electron chi connectivity index (χ4n) is 2.18. The van der Waals surface area contributed by atoms with Gasteiger partial charge in [0, 0.05) is 31.5 Å². The van der Waals surface area contributed by atoms with E-state index >= 15 is 0 Å². The number of pyridine rings is 1. The lowest BCUT2D eigenvalue weighted by Crippen LogP contribution is -2.36. The molecule has 0 saturated carbocycles. The molecule has 4 heteroatoms. The molecule has 1 fully saturated rings. The SMILES string of the molecule is COc1ncccc1CNCC1(C)CCCO1. The van der Waals surface area contributed by atoms with E-state index in [2.05, 4.69) is 17.2 Å². The minimum absolute atomic E-state index is 0.00452. The quantitative estimate of drug-likeness (QED) is 0.846. The maximum Gasteiger partial charge on any atom is 0.217 e. The van der Waals surface area contributed by atoms with Gasteiger partial charge in [-0.15, -0.1) is 0 Å². The Balaban J connectivity index is 1.85. The second-order valence-electron chi connectivity index (χ2n) is 4.68. The zero-order chi connectivity index (χ0) is 12.1. The first kappa shape index (κ1) is 12.3. The average Bonchev–Trinajstić information content (AvgIpc) is 2.77. The van der Waals surface area contributed by atoms with Gasteiger partial charge in [-0.2, -0.15) is 0 Å². The van der Waals surface area contributed by atoms with Crippen molar-refractivity contribution in [3.8, 4) is 5.88 Å². The third-order valence-corrected chi connectivity index (χ3v) is 3.16. The Morgan fingerprint density at radius 1 is 1.59 bits per heavy atom. The molecule has 1 aromatic rings. The molecule has 2 heterocycles. The van der Waals surface area contributed by atoms with Gasteiger partial charge >= 0.3 is 0 Å². The van der Waals surface area contributed by atoms with E-state index in [-0.39, 0.29) is 5.60 Å². The number of methoxy groups -OCH3 is 1. The Labute approximate surface area is 102 Å². The third kappa shape index (κ3) is 3.17. The molecule has 1 aliphatic heterocycles. The van der Waals surface area contributed by atoms with Gasteiger partial charge in [0.05, 0.1) is 12.7 Å². The summed E-state index contributed by atoms with van der Waals surface area (Å²) in [6.07, 6.45) is 4.03. The van der Waals surface area contributed by atoms with E-state index in [1.54, 1.807) is 13.3 Å². The van der Waals surface area contributed by atoms with Crippen molar-refractivity contribution in [2.75, 3.05) is 20.3 Å². The summed E-state index contributed by atoms with van der Waals surface area (Å²) in [6.45, 7) is 4.67. The van der Waals surface area contributed by atoms with Gasteiger partial charge in [-0.25, -0.2) is 4.98 Å². The van der Waals surface area contributed by atoms with Crippen molar-refractivity contribution in [3.05, 3.63) is 23.9 Å². The van der Waals surface area contributed by atoms with Crippen molar-refractivity contribution < 1.29 is 9.47 Å². The summed E-state index contributed by atoms with van der Waals surface area (Å²) in [6, 6.07) is 3.95. The van der Waals surface area contributed by atoms with E-state index in [9.17, 15) is 0 Å². The molecule has 94 valence electrons. The number of rotatable bonds is 5. The van der Waals surface area contributed by atoms with Crippen LogP contribution in [0, 0.1) is 0 Å². The number of aromatic nitrogens is 1. The monoisotopic (exact) mass is 236 g/mol. The van der Waals surface area contributed by atoms with Gasteiger partial charge in [0.25, 0.3) is 0 Å². The molecular weight excluding hydrogens is 216 g/mol. The van der Waals surface area contributed by atoms with Crippen LogP contribution < -0.4 is 10.1 Å². The third-order valence-electron chi connectivity index (χ3n) is 3.16. The van der Waals surface area contributed by atoms with Crippen LogP contribution in [0.1, 0.15) is 25.3 Å². The van der Waals surface area contributed by atoms with Gasteiger partial charge in [0.15, 0.2) is 0 Å². The molecule has 1 atom stereocenters. The van der Waals surface area contributed by atoms with Gasteiger partial charge in [0.2, 0.25) is 5.88 Å². The average molecular weight is 236 g/mol. The van der Waals surface area contributed by atoms with Crippen LogP contribution in [-0.2, 0) is 11.3 Å². The summed E-state index contributed by atoms with van der Waals surface area (Å²) >= 11 is 0. The van der Waals surface area contributed by atoms with E-state index in [4.69, 9.17) is 9.47 Å².